The van der Waals surface area contributed by atoms with Gasteiger partial charge in [0, 0.05) is 12.1 Å². The van der Waals surface area contributed by atoms with Gasteiger partial charge in [-0.05, 0) is 32.0 Å². The lowest BCUT2D eigenvalue weighted by Crippen LogP contribution is -2.03. The molecule has 0 aliphatic rings. The van der Waals surface area contributed by atoms with E-state index < -0.39 is 0 Å². The Balaban J connectivity index is 1.67. The molecular weight excluding hydrogens is 300 g/mol. The largest absolute Gasteiger partial charge is 0.424 e. The van der Waals surface area contributed by atoms with Crippen LogP contribution in [0.1, 0.15) is 30.1 Å². The summed E-state index contributed by atoms with van der Waals surface area (Å²) in [4.78, 5) is 0. The zero-order valence-corrected chi connectivity index (χ0v) is 13.5. The van der Waals surface area contributed by atoms with Crippen molar-refractivity contribution in [3.05, 3.63) is 41.4 Å². The number of thioether (sulfide) groups is 1. The van der Waals surface area contributed by atoms with Gasteiger partial charge in [0.05, 0.1) is 11.4 Å². The van der Waals surface area contributed by atoms with Crippen LogP contribution in [0.15, 0.2) is 27.6 Å². The van der Waals surface area contributed by atoms with E-state index in [-0.39, 0.29) is 0 Å². The van der Waals surface area contributed by atoms with Crippen molar-refractivity contribution in [1.82, 2.24) is 30.2 Å². The molecule has 3 rings (SSSR count). The predicted molar refractivity (Wildman–Crippen MR) is 81.9 cm³/mol. The van der Waals surface area contributed by atoms with E-state index in [0.717, 1.165) is 22.8 Å². The molecule has 3 aromatic heterocycles. The van der Waals surface area contributed by atoms with Crippen LogP contribution >= 0.6 is 11.8 Å². The lowest BCUT2D eigenvalue weighted by Gasteiger charge is -2.03. The van der Waals surface area contributed by atoms with Crippen LogP contribution in [0, 0.1) is 13.8 Å². The number of hydrogen-bond acceptors (Lipinski definition) is 7. The minimum atomic E-state index is 0.584. The van der Waals surface area contributed by atoms with E-state index in [1.54, 1.807) is 4.68 Å². The third-order valence-corrected chi connectivity index (χ3v) is 3.91. The van der Waals surface area contributed by atoms with Gasteiger partial charge in [0.15, 0.2) is 5.82 Å². The third-order valence-electron chi connectivity index (χ3n) is 3.01. The van der Waals surface area contributed by atoms with Crippen LogP contribution in [-0.2, 0) is 12.2 Å². The summed E-state index contributed by atoms with van der Waals surface area (Å²) in [6.45, 7) is 5.93. The minimum absolute atomic E-state index is 0.584. The molecule has 0 amide bonds. The van der Waals surface area contributed by atoms with Gasteiger partial charge in [-0.3, -0.25) is 0 Å². The molecule has 0 N–H and O–H groups in total. The van der Waals surface area contributed by atoms with Gasteiger partial charge in [-0.2, -0.15) is 5.10 Å². The molecule has 3 heterocycles. The molecule has 8 heteroatoms. The van der Waals surface area contributed by atoms with Crippen LogP contribution in [0.3, 0.4) is 0 Å². The Bertz CT molecular complexity index is 764. The number of hydrogen-bond donors (Lipinski definition) is 0. The first kappa shape index (κ1) is 14.7. The normalized spacial score (nSPS) is 11.0. The summed E-state index contributed by atoms with van der Waals surface area (Å²) in [6.07, 6.45) is 0.745. The maximum absolute atomic E-state index is 5.46. The molecule has 0 aromatic carbocycles. The fourth-order valence-corrected chi connectivity index (χ4v) is 2.64. The van der Waals surface area contributed by atoms with Crippen molar-refractivity contribution in [3.8, 4) is 5.82 Å². The zero-order chi connectivity index (χ0) is 15.5. The zero-order valence-electron chi connectivity index (χ0n) is 12.6. The maximum atomic E-state index is 5.46. The van der Waals surface area contributed by atoms with Crippen LogP contribution in [0.25, 0.3) is 5.82 Å². The maximum Gasteiger partial charge on any atom is 0.226 e. The summed E-state index contributed by atoms with van der Waals surface area (Å²) < 4.78 is 7.24. The first-order valence-corrected chi connectivity index (χ1v) is 7.95. The molecule has 0 radical (unpaired) electrons. The fraction of sp³-hybridized carbons (Fsp3) is 0.357. The van der Waals surface area contributed by atoms with Crippen LogP contribution < -0.4 is 0 Å². The standard InChI is InChI=1S/C14H16N6OS/c1-4-12-16-17-13(21-12)8-22-14-6-5-11(15-18-14)20-10(3)7-9(2)19-20/h5-7H,4,8H2,1-3H3. The highest BCUT2D eigenvalue weighted by atomic mass is 32.2. The van der Waals surface area contributed by atoms with Crippen molar-refractivity contribution in [3.63, 3.8) is 0 Å². The summed E-state index contributed by atoms with van der Waals surface area (Å²) >= 11 is 1.51. The quantitative estimate of drug-likeness (QED) is 0.669. The van der Waals surface area contributed by atoms with Gasteiger partial charge in [-0.15, -0.1) is 20.4 Å². The highest BCUT2D eigenvalue weighted by Gasteiger charge is 2.08. The molecule has 0 atom stereocenters. The van der Waals surface area contributed by atoms with E-state index in [1.807, 2.05) is 39.0 Å². The molecule has 0 unspecified atom stereocenters. The van der Waals surface area contributed by atoms with Crippen molar-refractivity contribution in [1.29, 1.82) is 0 Å². The second-order valence-electron chi connectivity index (χ2n) is 4.80. The smallest absolute Gasteiger partial charge is 0.226 e. The van der Waals surface area contributed by atoms with Crippen LogP contribution in [0.5, 0.6) is 0 Å². The van der Waals surface area contributed by atoms with E-state index >= 15 is 0 Å². The highest BCUT2D eigenvalue weighted by Crippen LogP contribution is 2.20. The summed E-state index contributed by atoms with van der Waals surface area (Å²) in [5, 5.41) is 21.5. The average Bonchev–Trinajstić information content (AvgIpc) is 3.12. The molecule has 0 saturated heterocycles. The van der Waals surface area contributed by atoms with Crippen LogP contribution in [-0.4, -0.2) is 30.2 Å². The van der Waals surface area contributed by atoms with Gasteiger partial charge in [0.2, 0.25) is 11.8 Å². The van der Waals surface area contributed by atoms with E-state index in [0.29, 0.717) is 23.4 Å². The van der Waals surface area contributed by atoms with Crippen molar-refractivity contribution in [2.75, 3.05) is 0 Å². The molecule has 3 aromatic rings. The Labute approximate surface area is 132 Å². The summed E-state index contributed by atoms with van der Waals surface area (Å²) in [7, 11) is 0. The number of rotatable bonds is 5. The molecule has 7 nitrogen and oxygen atoms in total. The van der Waals surface area contributed by atoms with Gasteiger partial charge >= 0.3 is 0 Å². The Morgan fingerprint density at radius 3 is 2.50 bits per heavy atom. The molecule has 0 aliphatic carbocycles. The Kier molecular flexibility index (Phi) is 4.19. The van der Waals surface area contributed by atoms with Gasteiger partial charge in [-0.25, -0.2) is 4.68 Å². The van der Waals surface area contributed by atoms with Gasteiger partial charge < -0.3 is 4.42 Å². The number of aryl methyl sites for hydroxylation is 3. The van der Waals surface area contributed by atoms with Crippen molar-refractivity contribution < 1.29 is 4.42 Å². The topological polar surface area (TPSA) is 82.5 Å². The molecule has 0 spiro atoms. The summed E-state index contributed by atoms with van der Waals surface area (Å²) in [5.74, 6) is 2.55. The Morgan fingerprint density at radius 2 is 1.91 bits per heavy atom. The lowest BCUT2D eigenvalue weighted by atomic mass is 10.4. The molecule has 0 aliphatic heterocycles. The monoisotopic (exact) mass is 316 g/mol. The van der Waals surface area contributed by atoms with Crippen LogP contribution in [0.4, 0.5) is 0 Å². The predicted octanol–water partition coefficient (Wildman–Crippen LogP) is 2.52. The molecule has 0 bridgehead atoms. The Hall–Kier alpha value is -2.22. The van der Waals surface area contributed by atoms with Gasteiger partial charge in [0.25, 0.3) is 0 Å². The van der Waals surface area contributed by atoms with Gasteiger partial charge in [-0.1, -0.05) is 18.7 Å². The van der Waals surface area contributed by atoms with Crippen molar-refractivity contribution in [2.24, 2.45) is 0 Å². The van der Waals surface area contributed by atoms with Crippen LogP contribution in [0.2, 0.25) is 0 Å². The summed E-state index contributed by atoms with van der Waals surface area (Å²) in [6, 6.07) is 5.83. The second-order valence-corrected chi connectivity index (χ2v) is 5.80. The summed E-state index contributed by atoms with van der Waals surface area (Å²) in [5.41, 5.74) is 1.99. The van der Waals surface area contributed by atoms with E-state index in [4.69, 9.17) is 4.42 Å². The molecular formula is C14H16N6OS. The molecule has 22 heavy (non-hydrogen) atoms. The number of aromatic nitrogens is 6. The molecule has 114 valence electrons. The van der Waals surface area contributed by atoms with E-state index in [9.17, 15) is 0 Å². The minimum Gasteiger partial charge on any atom is -0.424 e. The third kappa shape index (κ3) is 3.16. The second kappa shape index (κ2) is 6.27. The van der Waals surface area contributed by atoms with Crippen molar-refractivity contribution in [2.45, 2.75) is 38.0 Å². The fourth-order valence-electron chi connectivity index (χ4n) is 1.99. The average molecular weight is 316 g/mol. The first-order valence-electron chi connectivity index (χ1n) is 6.97. The van der Waals surface area contributed by atoms with E-state index in [2.05, 4.69) is 25.5 Å². The lowest BCUT2D eigenvalue weighted by molar-refractivity contribution is 0.470. The first-order chi connectivity index (χ1) is 10.7. The number of nitrogens with zero attached hydrogens (tertiary/aromatic N) is 6. The highest BCUT2D eigenvalue weighted by molar-refractivity contribution is 7.98. The molecule has 0 fully saturated rings. The SMILES string of the molecule is CCc1nnc(CSc2ccc(-n3nc(C)cc3C)nn2)o1. The van der Waals surface area contributed by atoms with E-state index in [1.165, 1.54) is 11.8 Å². The van der Waals surface area contributed by atoms with Gasteiger partial charge in [0.1, 0.15) is 5.03 Å². The molecule has 0 saturated carbocycles. The Morgan fingerprint density at radius 1 is 1.09 bits per heavy atom. The van der Waals surface area contributed by atoms with Crippen molar-refractivity contribution >= 4 is 11.8 Å².